The number of carbonyl (C=O) groups excluding carboxylic acids is 2. The van der Waals surface area contributed by atoms with Gasteiger partial charge >= 0.3 is 0 Å². The number of nitrogens with zero attached hydrogens (tertiary/aromatic N) is 2. The third kappa shape index (κ3) is 3.76. The first-order valence-corrected chi connectivity index (χ1v) is 8.86. The summed E-state index contributed by atoms with van der Waals surface area (Å²) in [6.07, 6.45) is 1.83. The van der Waals surface area contributed by atoms with E-state index in [1.807, 2.05) is 71.4 Å². The molecule has 0 saturated heterocycles. The van der Waals surface area contributed by atoms with Crippen LogP contribution in [0.4, 0.5) is 0 Å². The molecule has 0 radical (unpaired) electrons. The van der Waals surface area contributed by atoms with Crippen LogP contribution in [-0.2, 0) is 6.54 Å². The van der Waals surface area contributed by atoms with Gasteiger partial charge in [0.25, 0.3) is 11.8 Å². The second-order valence-electron chi connectivity index (χ2n) is 6.30. The van der Waals surface area contributed by atoms with Gasteiger partial charge in [-0.1, -0.05) is 54.6 Å². The lowest BCUT2D eigenvalue weighted by Crippen LogP contribution is -2.42. The Kier molecular flexibility index (Phi) is 4.84. The number of nitrogens with one attached hydrogen (secondary N) is 2. The molecule has 2 aromatic heterocycles. The van der Waals surface area contributed by atoms with Crippen molar-refractivity contribution in [3.05, 3.63) is 102 Å². The average molecular weight is 370 g/mol. The zero-order chi connectivity index (χ0) is 19.3. The number of pyridine rings is 1. The summed E-state index contributed by atoms with van der Waals surface area (Å²) in [5.41, 5.74) is 7.38. The second-order valence-corrected chi connectivity index (χ2v) is 6.30. The molecule has 0 aliphatic heterocycles. The van der Waals surface area contributed by atoms with Gasteiger partial charge in [0.1, 0.15) is 11.4 Å². The molecule has 0 aliphatic rings. The predicted octanol–water partition coefficient (Wildman–Crippen LogP) is 3.16. The molecule has 0 saturated carbocycles. The predicted molar refractivity (Wildman–Crippen MR) is 107 cm³/mol. The van der Waals surface area contributed by atoms with Gasteiger partial charge in [-0.05, 0) is 29.8 Å². The molecular weight excluding hydrogens is 352 g/mol. The van der Waals surface area contributed by atoms with Gasteiger partial charge in [-0.3, -0.25) is 20.4 Å². The number of carbonyl (C=O) groups is 2. The Morgan fingerprint density at radius 3 is 2.39 bits per heavy atom. The fraction of sp³-hybridized carbons (Fsp3) is 0.0455. The molecule has 28 heavy (non-hydrogen) atoms. The summed E-state index contributed by atoms with van der Waals surface area (Å²) >= 11 is 0. The molecule has 6 nitrogen and oxygen atoms in total. The van der Waals surface area contributed by atoms with Crippen molar-refractivity contribution < 1.29 is 9.59 Å². The number of benzene rings is 2. The Hall–Kier alpha value is -3.93. The molecule has 4 aromatic rings. The Morgan fingerprint density at radius 2 is 1.54 bits per heavy atom. The van der Waals surface area contributed by atoms with Crippen molar-refractivity contribution in [3.63, 3.8) is 0 Å². The highest BCUT2D eigenvalue weighted by atomic mass is 16.2. The summed E-state index contributed by atoms with van der Waals surface area (Å²) in [4.78, 5) is 29.2. The molecule has 0 fully saturated rings. The van der Waals surface area contributed by atoms with E-state index >= 15 is 0 Å². The van der Waals surface area contributed by atoms with Gasteiger partial charge in [-0.25, -0.2) is 4.98 Å². The van der Waals surface area contributed by atoms with Crippen molar-refractivity contribution in [1.29, 1.82) is 0 Å². The highest BCUT2D eigenvalue weighted by Gasteiger charge is 2.14. The number of amides is 2. The van der Waals surface area contributed by atoms with E-state index < -0.39 is 11.8 Å². The van der Waals surface area contributed by atoms with Crippen molar-refractivity contribution >= 4 is 22.7 Å². The fourth-order valence-corrected chi connectivity index (χ4v) is 2.97. The molecule has 0 atom stereocenters. The van der Waals surface area contributed by atoms with Gasteiger partial charge in [-0.15, -0.1) is 0 Å². The number of para-hydroxylation sites is 1. The third-order valence-electron chi connectivity index (χ3n) is 4.38. The van der Waals surface area contributed by atoms with Gasteiger partial charge in [-0.2, -0.15) is 0 Å². The third-order valence-corrected chi connectivity index (χ3v) is 4.38. The van der Waals surface area contributed by atoms with Gasteiger partial charge in [0.2, 0.25) is 0 Å². The van der Waals surface area contributed by atoms with E-state index in [4.69, 9.17) is 0 Å². The molecule has 0 unspecified atom stereocenters. The van der Waals surface area contributed by atoms with Gasteiger partial charge in [0, 0.05) is 18.1 Å². The summed E-state index contributed by atoms with van der Waals surface area (Å²) < 4.78 is 1.82. The second kappa shape index (κ2) is 7.75. The Labute approximate surface area is 161 Å². The molecule has 0 bridgehead atoms. The van der Waals surface area contributed by atoms with Crippen molar-refractivity contribution in [2.75, 3.05) is 0 Å². The standard InChI is InChI=1S/C22H18N4O2/c27-21(19-13-12-17-9-4-5-10-18(17)23-19)24-25-22(28)20-11-6-14-26(20)15-16-7-2-1-3-8-16/h1-14H,15H2,(H,24,27)(H,25,28). The maximum absolute atomic E-state index is 12.5. The van der Waals surface area contributed by atoms with Gasteiger partial charge in [0.15, 0.2) is 0 Å². The highest BCUT2D eigenvalue weighted by molar-refractivity contribution is 5.98. The minimum Gasteiger partial charge on any atom is -0.339 e. The quantitative estimate of drug-likeness (QED) is 0.542. The summed E-state index contributed by atoms with van der Waals surface area (Å²) in [6, 6.07) is 24.3. The first kappa shape index (κ1) is 17.5. The zero-order valence-corrected chi connectivity index (χ0v) is 15.0. The highest BCUT2D eigenvalue weighted by Crippen LogP contribution is 2.12. The van der Waals surface area contributed by atoms with Crippen LogP contribution in [0.3, 0.4) is 0 Å². The van der Waals surface area contributed by atoms with Crippen LogP contribution in [0.15, 0.2) is 85.1 Å². The minimum atomic E-state index is -0.472. The van der Waals surface area contributed by atoms with Crippen molar-refractivity contribution in [3.8, 4) is 0 Å². The fourth-order valence-electron chi connectivity index (χ4n) is 2.97. The molecule has 0 aliphatic carbocycles. The van der Waals surface area contributed by atoms with Crippen LogP contribution in [0.1, 0.15) is 26.5 Å². The number of hydrogen-bond acceptors (Lipinski definition) is 3. The van der Waals surface area contributed by atoms with Crippen LogP contribution in [0.25, 0.3) is 10.9 Å². The Balaban J connectivity index is 1.43. The van der Waals surface area contributed by atoms with Crippen LogP contribution >= 0.6 is 0 Å². The van der Waals surface area contributed by atoms with E-state index in [1.165, 1.54) is 0 Å². The lowest BCUT2D eigenvalue weighted by molar-refractivity contribution is 0.0839. The number of hydrogen-bond donors (Lipinski definition) is 2. The van der Waals surface area contributed by atoms with E-state index in [9.17, 15) is 9.59 Å². The zero-order valence-electron chi connectivity index (χ0n) is 15.0. The van der Waals surface area contributed by atoms with E-state index in [1.54, 1.807) is 18.2 Å². The first-order chi connectivity index (χ1) is 13.7. The molecular formula is C22H18N4O2. The molecule has 2 aromatic carbocycles. The van der Waals surface area contributed by atoms with E-state index in [2.05, 4.69) is 15.8 Å². The summed E-state index contributed by atoms with van der Waals surface area (Å²) in [6.45, 7) is 0.566. The minimum absolute atomic E-state index is 0.235. The van der Waals surface area contributed by atoms with Crippen molar-refractivity contribution in [2.45, 2.75) is 6.54 Å². The largest absolute Gasteiger partial charge is 0.339 e. The average Bonchev–Trinajstić information content (AvgIpc) is 3.20. The van der Waals surface area contributed by atoms with E-state index in [-0.39, 0.29) is 5.69 Å². The normalized spacial score (nSPS) is 10.6. The van der Waals surface area contributed by atoms with Crippen LogP contribution in [0.2, 0.25) is 0 Å². The SMILES string of the molecule is O=C(NNC(=O)c1cccn1Cc1ccccc1)c1ccc2ccccc2n1. The molecule has 138 valence electrons. The molecule has 2 amide bonds. The lowest BCUT2D eigenvalue weighted by Gasteiger charge is -2.11. The van der Waals surface area contributed by atoms with Crippen molar-refractivity contribution in [2.24, 2.45) is 0 Å². The number of hydrazine groups is 1. The summed E-state index contributed by atoms with van der Waals surface area (Å²) in [7, 11) is 0. The maximum Gasteiger partial charge on any atom is 0.288 e. The Morgan fingerprint density at radius 1 is 0.786 bits per heavy atom. The summed E-state index contributed by atoms with van der Waals surface area (Å²) in [5.74, 6) is -0.865. The number of aromatic nitrogens is 2. The van der Waals surface area contributed by atoms with Crippen LogP contribution in [-0.4, -0.2) is 21.4 Å². The topological polar surface area (TPSA) is 76.0 Å². The summed E-state index contributed by atoms with van der Waals surface area (Å²) in [5, 5.41) is 0.946. The molecule has 4 rings (SSSR count). The molecule has 2 N–H and O–H groups in total. The smallest absolute Gasteiger partial charge is 0.288 e. The maximum atomic E-state index is 12.5. The van der Waals surface area contributed by atoms with E-state index in [0.29, 0.717) is 12.2 Å². The first-order valence-electron chi connectivity index (χ1n) is 8.86. The number of rotatable bonds is 4. The van der Waals surface area contributed by atoms with Crippen molar-refractivity contribution in [1.82, 2.24) is 20.4 Å². The molecule has 6 heteroatoms. The van der Waals surface area contributed by atoms with E-state index in [0.717, 1.165) is 16.5 Å². The lowest BCUT2D eigenvalue weighted by atomic mass is 10.2. The van der Waals surface area contributed by atoms with Gasteiger partial charge in [0.05, 0.1) is 5.52 Å². The molecule has 0 spiro atoms. The Bertz CT molecular complexity index is 1140. The van der Waals surface area contributed by atoms with Crippen LogP contribution in [0, 0.1) is 0 Å². The van der Waals surface area contributed by atoms with Crippen LogP contribution < -0.4 is 10.9 Å². The van der Waals surface area contributed by atoms with Crippen LogP contribution in [0.5, 0.6) is 0 Å². The monoisotopic (exact) mass is 370 g/mol. The van der Waals surface area contributed by atoms with Gasteiger partial charge < -0.3 is 4.57 Å². The molecule has 2 heterocycles. The number of fused-ring (bicyclic) bond motifs is 1.